The minimum atomic E-state index is -1.11. The van der Waals surface area contributed by atoms with E-state index in [1.54, 1.807) is 20.8 Å². The van der Waals surface area contributed by atoms with Crippen molar-refractivity contribution in [1.82, 2.24) is 4.98 Å². The number of ketones is 1. The Bertz CT molecular complexity index is 980. The van der Waals surface area contributed by atoms with Crippen molar-refractivity contribution in [2.24, 2.45) is 0 Å². The number of ether oxygens (including phenoxy) is 4. The van der Waals surface area contributed by atoms with Gasteiger partial charge in [0.15, 0.2) is 17.6 Å². The number of aromatic amines is 1. The van der Waals surface area contributed by atoms with E-state index in [0.29, 0.717) is 16.8 Å². The highest BCUT2D eigenvalue weighted by atomic mass is 35.5. The van der Waals surface area contributed by atoms with Crippen molar-refractivity contribution in [3.63, 3.8) is 0 Å². The third-order valence-corrected chi connectivity index (χ3v) is 4.77. The van der Waals surface area contributed by atoms with E-state index < -0.39 is 23.8 Å². The number of hydrogen-bond acceptors (Lipinski definition) is 7. The molecular formula is C21H24ClNO7. The Morgan fingerprint density at radius 3 is 2.33 bits per heavy atom. The zero-order valence-corrected chi connectivity index (χ0v) is 18.4. The van der Waals surface area contributed by atoms with E-state index in [-0.39, 0.29) is 34.4 Å². The molecule has 9 heteroatoms. The summed E-state index contributed by atoms with van der Waals surface area (Å²) >= 11 is 6.12. The first-order valence-electron chi connectivity index (χ1n) is 9.19. The van der Waals surface area contributed by atoms with Crippen molar-refractivity contribution >= 4 is 29.3 Å². The van der Waals surface area contributed by atoms with Crippen LogP contribution >= 0.6 is 11.6 Å². The third-order valence-electron chi connectivity index (χ3n) is 4.49. The molecular weight excluding hydrogens is 414 g/mol. The topological polar surface area (TPSA) is 104 Å². The SMILES string of the molecule is CCOC(=O)c1c(C)[nH]c(C(=O)[C@H](C)OC(=O)c2cc(Cl)c(OC)c(OC)c2)c1C. The minimum Gasteiger partial charge on any atom is -0.493 e. The lowest BCUT2D eigenvalue weighted by atomic mass is 10.1. The molecule has 0 spiro atoms. The summed E-state index contributed by atoms with van der Waals surface area (Å²) < 4.78 is 20.6. The summed E-state index contributed by atoms with van der Waals surface area (Å²) in [5, 5.41) is 0.165. The molecule has 0 bridgehead atoms. The van der Waals surface area contributed by atoms with Gasteiger partial charge in [-0.1, -0.05) is 11.6 Å². The number of benzene rings is 1. The number of rotatable bonds is 8. The number of aryl methyl sites for hydroxylation is 1. The molecule has 0 fully saturated rings. The average molecular weight is 438 g/mol. The summed E-state index contributed by atoms with van der Waals surface area (Å²) in [6, 6.07) is 2.78. The molecule has 30 heavy (non-hydrogen) atoms. The number of aromatic nitrogens is 1. The van der Waals surface area contributed by atoms with Crippen molar-refractivity contribution < 1.29 is 33.3 Å². The maximum absolute atomic E-state index is 12.8. The van der Waals surface area contributed by atoms with Crippen LogP contribution in [0.4, 0.5) is 0 Å². The highest BCUT2D eigenvalue weighted by molar-refractivity contribution is 6.32. The van der Waals surface area contributed by atoms with Gasteiger partial charge in [-0.2, -0.15) is 0 Å². The Labute approximate surface area is 179 Å². The number of H-pyrrole nitrogens is 1. The van der Waals surface area contributed by atoms with E-state index in [1.807, 2.05) is 0 Å². The molecule has 2 rings (SSSR count). The molecule has 8 nitrogen and oxygen atoms in total. The molecule has 162 valence electrons. The molecule has 1 aromatic heterocycles. The fraction of sp³-hybridized carbons (Fsp3) is 0.381. The summed E-state index contributed by atoms with van der Waals surface area (Å²) in [6.07, 6.45) is -1.11. The fourth-order valence-corrected chi connectivity index (χ4v) is 3.31. The molecule has 0 radical (unpaired) electrons. The predicted molar refractivity (Wildman–Crippen MR) is 110 cm³/mol. The molecule has 1 atom stereocenters. The molecule has 1 N–H and O–H groups in total. The number of esters is 2. The van der Waals surface area contributed by atoms with E-state index in [4.69, 9.17) is 30.5 Å². The second-order valence-electron chi connectivity index (χ2n) is 6.45. The van der Waals surface area contributed by atoms with Crippen molar-refractivity contribution in [2.45, 2.75) is 33.8 Å². The molecule has 0 aliphatic heterocycles. The normalized spacial score (nSPS) is 11.6. The number of hydrogen-bond donors (Lipinski definition) is 1. The van der Waals surface area contributed by atoms with Crippen LogP contribution in [0.15, 0.2) is 12.1 Å². The zero-order chi connectivity index (χ0) is 22.6. The average Bonchev–Trinajstić information content (AvgIpc) is 3.00. The van der Waals surface area contributed by atoms with Gasteiger partial charge in [0.25, 0.3) is 0 Å². The molecule has 0 saturated carbocycles. The van der Waals surface area contributed by atoms with Crippen LogP contribution in [0, 0.1) is 13.8 Å². The third kappa shape index (κ3) is 4.59. The monoisotopic (exact) mass is 437 g/mol. The highest BCUT2D eigenvalue weighted by Crippen LogP contribution is 2.36. The van der Waals surface area contributed by atoms with E-state index in [1.165, 1.54) is 33.3 Å². The Morgan fingerprint density at radius 2 is 1.77 bits per heavy atom. The summed E-state index contributed by atoms with van der Waals surface area (Å²) in [5.74, 6) is -1.22. The Morgan fingerprint density at radius 1 is 1.10 bits per heavy atom. The van der Waals surface area contributed by atoms with Crippen LogP contribution in [0.25, 0.3) is 0 Å². The lowest BCUT2D eigenvalue weighted by molar-refractivity contribution is 0.0316. The van der Waals surface area contributed by atoms with Crippen molar-refractivity contribution in [3.05, 3.63) is 45.2 Å². The van der Waals surface area contributed by atoms with Crippen molar-refractivity contribution in [1.29, 1.82) is 0 Å². The molecule has 0 saturated heterocycles. The number of nitrogens with one attached hydrogen (secondary N) is 1. The molecule has 0 aliphatic carbocycles. The van der Waals surface area contributed by atoms with Crippen molar-refractivity contribution in [3.8, 4) is 11.5 Å². The van der Waals surface area contributed by atoms with Crippen LogP contribution in [0.2, 0.25) is 5.02 Å². The molecule has 1 aromatic carbocycles. The van der Waals surface area contributed by atoms with Crippen LogP contribution in [-0.2, 0) is 9.47 Å². The van der Waals surface area contributed by atoms with Gasteiger partial charge in [0.05, 0.1) is 42.7 Å². The van der Waals surface area contributed by atoms with Crippen LogP contribution in [0.1, 0.15) is 56.3 Å². The number of Topliss-reactive ketones (excluding diaryl/α,β-unsaturated/α-hetero) is 1. The predicted octanol–water partition coefficient (Wildman–Crippen LogP) is 3.91. The van der Waals surface area contributed by atoms with Gasteiger partial charge in [-0.25, -0.2) is 9.59 Å². The van der Waals surface area contributed by atoms with E-state index in [9.17, 15) is 14.4 Å². The van der Waals surface area contributed by atoms with Crippen LogP contribution in [-0.4, -0.2) is 49.6 Å². The van der Waals surface area contributed by atoms with Gasteiger partial charge in [0.1, 0.15) is 0 Å². The van der Waals surface area contributed by atoms with Gasteiger partial charge in [0.2, 0.25) is 5.78 Å². The van der Waals surface area contributed by atoms with Crippen LogP contribution in [0.5, 0.6) is 11.5 Å². The maximum atomic E-state index is 12.8. The molecule has 0 unspecified atom stereocenters. The molecule has 1 heterocycles. The number of carbonyl (C=O) groups is 3. The number of methoxy groups -OCH3 is 2. The largest absolute Gasteiger partial charge is 0.493 e. The Hall–Kier alpha value is -3.00. The first kappa shape index (κ1) is 23.3. The standard InChI is InChI=1S/C21H24ClNO7/c1-7-29-21(26)16-10(2)17(23-11(16)3)18(24)12(4)30-20(25)13-8-14(22)19(28-6)15(9-13)27-5/h8-9,12,23H,7H2,1-6H3/t12-/m0/s1. The van der Waals surface area contributed by atoms with Gasteiger partial charge >= 0.3 is 11.9 Å². The molecule has 0 aliphatic rings. The van der Waals surface area contributed by atoms with E-state index in [2.05, 4.69) is 4.98 Å². The van der Waals surface area contributed by atoms with E-state index in [0.717, 1.165) is 0 Å². The second-order valence-corrected chi connectivity index (χ2v) is 6.86. The van der Waals surface area contributed by atoms with Gasteiger partial charge in [-0.15, -0.1) is 0 Å². The molecule has 0 amide bonds. The Balaban J connectivity index is 2.24. The van der Waals surface area contributed by atoms with Gasteiger partial charge in [-0.05, 0) is 45.4 Å². The number of carbonyl (C=O) groups excluding carboxylic acids is 3. The second kappa shape index (κ2) is 9.67. The lowest BCUT2D eigenvalue weighted by Gasteiger charge is -2.14. The summed E-state index contributed by atoms with van der Waals surface area (Å²) in [5.41, 5.74) is 1.52. The zero-order valence-electron chi connectivity index (χ0n) is 17.7. The summed E-state index contributed by atoms with van der Waals surface area (Å²) in [7, 11) is 2.83. The van der Waals surface area contributed by atoms with Crippen LogP contribution < -0.4 is 9.47 Å². The maximum Gasteiger partial charge on any atom is 0.340 e. The Kier molecular flexibility index (Phi) is 7.50. The molecule has 2 aromatic rings. The first-order chi connectivity index (χ1) is 14.2. The van der Waals surface area contributed by atoms with Gasteiger partial charge < -0.3 is 23.9 Å². The van der Waals surface area contributed by atoms with Gasteiger partial charge in [0, 0.05) is 5.69 Å². The quantitative estimate of drug-likeness (QED) is 0.493. The van der Waals surface area contributed by atoms with Crippen LogP contribution in [0.3, 0.4) is 0 Å². The lowest BCUT2D eigenvalue weighted by Crippen LogP contribution is -2.25. The summed E-state index contributed by atoms with van der Waals surface area (Å²) in [6.45, 7) is 6.66. The highest BCUT2D eigenvalue weighted by Gasteiger charge is 2.28. The first-order valence-corrected chi connectivity index (χ1v) is 9.56. The van der Waals surface area contributed by atoms with Crippen molar-refractivity contribution in [2.75, 3.05) is 20.8 Å². The van der Waals surface area contributed by atoms with E-state index >= 15 is 0 Å². The smallest absolute Gasteiger partial charge is 0.340 e. The minimum absolute atomic E-state index is 0.101. The fourth-order valence-electron chi connectivity index (χ4n) is 3.03. The summed E-state index contributed by atoms with van der Waals surface area (Å²) in [4.78, 5) is 40.4. The number of halogens is 1. The van der Waals surface area contributed by atoms with Gasteiger partial charge in [-0.3, -0.25) is 4.79 Å².